The van der Waals surface area contributed by atoms with Gasteiger partial charge in [-0.3, -0.25) is 0 Å². The fourth-order valence-corrected chi connectivity index (χ4v) is 6.36. The van der Waals surface area contributed by atoms with E-state index < -0.39 is 0 Å². The van der Waals surface area contributed by atoms with Crippen LogP contribution in [0.4, 0.5) is 11.4 Å². The van der Waals surface area contributed by atoms with Crippen molar-refractivity contribution in [3.05, 3.63) is 121 Å². The second kappa shape index (κ2) is 8.96. The van der Waals surface area contributed by atoms with Gasteiger partial charge < -0.3 is 4.90 Å². The van der Waals surface area contributed by atoms with E-state index in [1.165, 1.54) is 53.8 Å². The summed E-state index contributed by atoms with van der Waals surface area (Å²) in [6.07, 6.45) is 0. The quantitative estimate of drug-likeness (QED) is 0.241. The van der Waals surface area contributed by atoms with Gasteiger partial charge in [0.15, 0.2) is 0 Å². The van der Waals surface area contributed by atoms with Crippen LogP contribution in [0.2, 0.25) is 0 Å². The molecule has 6 rings (SSSR count). The molecule has 2 heteroatoms. The van der Waals surface area contributed by atoms with E-state index in [4.69, 9.17) is 0 Å². The highest BCUT2D eigenvalue weighted by atomic mass is 32.1. The number of nitrogens with zero attached hydrogens (tertiary/aromatic N) is 1. The third-order valence-electron chi connectivity index (χ3n) is 6.74. The molecule has 0 spiro atoms. The summed E-state index contributed by atoms with van der Waals surface area (Å²) in [5.74, 6) is 0. The lowest BCUT2D eigenvalue weighted by Gasteiger charge is -2.39. The van der Waals surface area contributed by atoms with Gasteiger partial charge in [0.2, 0.25) is 0 Å². The molecule has 36 heavy (non-hydrogen) atoms. The predicted molar refractivity (Wildman–Crippen MR) is 159 cm³/mol. The van der Waals surface area contributed by atoms with E-state index >= 15 is 0 Å². The van der Waals surface area contributed by atoms with Gasteiger partial charge in [0, 0.05) is 42.6 Å². The van der Waals surface area contributed by atoms with Crippen LogP contribution >= 0.6 is 11.3 Å². The molecule has 0 saturated heterocycles. The van der Waals surface area contributed by atoms with Crippen LogP contribution in [0.1, 0.15) is 20.8 Å². The molecule has 0 N–H and O–H groups in total. The molecule has 0 saturated carbocycles. The summed E-state index contributed by atoms with van der Waals surface area (Å²) in [5.41, 5.74) is 7.32. The SMILES string of the molecule is CC(C)(C)N(c1ccc(-c2cccc3sc4ccccc4c23)cc1)c1ccccc1-c1ccccc1. The Labute approximate surface area is 217 Å². The highest BCUT2D eigenvalue weighted by Gasteiger charge is 2.26. The summed E-state index contributed by atoms with van der Waals surface area (Å²) in [6.45, 7) is 6.84. The van der Waals surface area contributed by atoms with Crippen molar-refractivity contribution in [3.63, 3.8) is 0 Å². The molecule has 0 bridgehead atoms. The molecule has 0 atom stereocenters. The maximum atomic E-state index is 2.46. The molecule has 0 aliphatic carbocycles. The molecular formula is C34H29NS. The maximum Gasteiger partial charge on any atom is 0.0495 e. The lowest BCUT2D eigenvalue weighted by atomic mass is 9.96. The summed E-state index contributed by atoms with van der Waals surface area (Å²) >= 11 is 1.87. The first-order valence-electron chi connectivity index (χ1n) is 12.5. The Morgan fingerprint density at radius 2 is 1.14 bits per heavy atom. The van der Waals surface area contributed by atoms with Gasteiger partial charge in [0.25, 0.3) is 0 Å². The van der Waals surface area contributed by atoms with Gasteiger partial charge in [-0.15, -0.1) is 11.3 Å². The fraction of sp³-hybridized carbons (Fsp3) is 0.118. The van der Waals surface area contributed by atoms with Crippen molar-refractivity contribution in [3.8, 4) is 22.3 Å². The van der Waals surface area contributed by atoms with E-state index in [0.29, 0.717) is 0 Å². The summed E-state index contributed by atoms with van der Waals surface area (Å²) in [4.78, 5) is 2.46. The molecule has 1 heterocycles. The summed E-state index contributed by atoms with van der Waals surface area (Å²) < 4.78 is 2.68. The number of thiophene rings is 1. The largest absolute Gasteiger partial charge is 0.336 e. The average molecular weight is 484 g/mol. The number of para-hydroxylation sites is 1. The van der Waals surface area contributed by atoms with E-state index in [2.05, 4.69) is 147 Å². The van der Waals surface area contributed by atoms with E-state index in [-0.39, 0.29) is 5.54 Å². The van der Waals surface area contributed by atoms with E-state index in [9.17, 15) is 0 Å². The highest BCUT2D eigenvalue weighted by Crippen LogP contribution is 2.42. The Bertz CT molecular complexity index is 1650. The number of benzene rings is 5. The van der Waals surface area contributed by atoms with Crippen LogP contribution in [0.25, 0.3) is 42.4 Å². The second-order valence-electron chi connectivity index (χ2n) is 10.2. The standard InChI is InChI=1S/C34H29NS/c1-34(2,3)35(30-17-9-7-14-27(30)24-12-5-4-6-13-24)26-22-20-25(21-23-26)28-16-11-19-32-33(28)29-15-8-10-18-31(29)36-32/h4-23H,1-3H3. The smallest absolute Gasteiger partial charge is 0.0495 e. The van der Waals surface area contributed by atoms with Gasteiger partial charge in [-0.1, -0.05) is 91.0 Å². The molecule has 0 radical (unpaired) electrons. The molecule has 1 nitrogen and oxygen atoms in total. The minimum atomic E-state index is -0.101. The Morgan fingerprint density at radius 3 is 1.92 bits per heavy atom. The van der Waals surface area contributed by atoms with Crippen molar-refractivity contribution in [2.45, 2.75) is 26.3 Å². The van der Waals surface area contributed by atoms with Gasteiger partial charge in [-0.2, -0.15) is 0 Å². The van der Waals surface area contributed by atoms with Gasteiger partial charge in [-0.05, 0) is 67.8 Å². The van der Waals surface area contributed by atoms with Crippen molar-refractivity contribution in [1.82, 2.24) is 0 Å². The van der Waals surface area contributed by atoms with Crippen LogP contribution in [0.5, 0.6) is 0 Å². The van der Waals surface area contributed by atoms with E-state index in [1.807, 2.05) is 11.3 Å². The second-order valence-corrected chi connectivity index (χ2v) is 11.3. The number of hydrogen-bond donors (Lipinski definition) is 0. The van der Waals surface area contributed by atoms with Crippen LogP contribution in [0.15, 0.2) is 121 Å². The first-order valence-corrected chi connectivity index (χ1v) is 13.3. The molecular weight excluding hydrogens is 454 g/mol. The van der Waals surface area contributed by atoms with Crippen molar-refractivity contribution in [1.29, 1.82) is 0 Å². The average Bonchev–Trinajstić information content (AvgIpc) is 3.28. The number of fused-ring (bicyclic) bond motifs is 3. The monoisotopic (exact) mass is 483 g/mol. The predicted octanol–water partition coefficient (Wildman–Crippen LogP) is 10.3. The Hall–Kier alpha value is -3.88. The Balaban J connectivity index is 1.47. The normalized spacial score (nSPS) is 11.8. The first kappa shape index (κ1) is 22.6. The molecule has 0 aliphatic heterocycles. The fourth-order valence-electron chi connectivity index (χ4n) is 5.22. The zero-order valence-electron chi connectivity index (χ0n) is 20.9. The molecule has 0 aliphatic rings. The third-order valence-corrected chi connectivity index (χ3v) is 7.88. The van der Waals surface area contributed by atoms with Gasteiger partial charge in [-0.25, -0.2) is 0 Å². The molecule has 1 aromatic heterocycles. The maximum absolute atomic E-state index is 2.46. The minimum Gasteiger partial charge on any atom is -0.336 e. The molecule has 6 aromatic rings. The van der Waals surface area contributed by atoms with Crippen molar-refractivity contribution >= 4 is 42.9 Å². The molecule has 5 aromatic carbocycles. The van der Waals surface area contributed by atoms with E-state index in [1.54, 1.807) is 0 Å². The summed E-state index contributed by atoms with van der Waals surface area (Å²) in [7, 11) is 0. The van der Waals surface area contributed by atoms with Crippen molar-refractivity contribution in [2.75, 3.05) is 4.90 Å². The van der Waals surface area contributed by atoms with Crippen LogP contribution in [-0.2, 0) is 0 Å². The Kier molecular flexibility index (Phi) is 5.62. The summed E-state index contributed by atoms with van der Waals surface area (Å²) in [5, 5.41) is 2.69. The van der Waals surface area contributed by atoms with Crippen molar-refractivity contribution in [2.24, 2.45) is 0 Å². The molecule has 0 amide bonds. The van der Waals surface area contributed by atoms with Gasteiger partial charge in [0.1, 0.15) is 0 Å². The topological polar surface area (TPSA) is 3.24 Å². The lowest BCUT2D eigenvalue weighted by Crippen LogP contribution is -2.37. The van der Waals surface area contributed by atoms with Crippen LogP contribution < -0.4 is 4.90 Å². The third kappa shape index (κ3) is 3.98. The Morgan fingerprint density at radius 1 is 0.528 bits per heavy atom. The van der Waals surface area contributed by atoms with Gasteiger partial charge in [0.05, 0.1) is 0 Å². The molecule has 0 unspecified atom stereocenters. The van der Waals surface area contributed by atoms with Crippen molar-refractivity contribution < 1.29 is 0 Å². The zero-order valence-corrected chi connectivity index (χ0v) is 21.7. The minimum absolute atomic E-state index is 0.101. The molecule has 0 fully saturated rings. The van der Waals surface area contributed by atoms with Crippen LogP contribution in [-0.4, -0.2) is 5.54 Å². The first-order chi connectivity index (χ1) is 17.5. The van der Waals surface area contributed by atoms with Gasteiger partial charge >= 0.3 is 0 Å². The van der Waals surface area contributed by atoms with Crippen LogP contribution in [0, 0.1) is 0 Å². The zero-order chi connectivity index (χ0) is 24.7. The van der Waals surface area contributed by atoms with Crippen LogP contribution in [0.3, 0.4) is 0 Å². The molecule has 176 valence electrons. The number of hydrogen-bond acceptors (Lipinski definition) is 2. The lowest BCUT2D eigenvalue weighted by molar-refractivity contribution is 0.561. The van der Waals surface area contributed by atoms with E-state index in [0.717, 1.165) is 0 Å². The summed E-state index contributed by atoms with van der Waals surface area (Å²) in [6, 6.07) is 43.9. The number of anilines is 2. The highest BCUT2D eigenvalue weighted by molar-refractivity contribution is 7.25. The number of rotatable bonds is 4.